The predicted molar refractivity (Wildman–Crippen MR) is 103 cm³/mol. The number of hydrogen-bond acceptors (Lipinski definition) is 3. The van der Waals surface area contributed by atoms with Gasteiger partial charge in [0.1, 0.15) is 0 Å². The summed E-state index contributed by atoms with van der Waals surface area (Å²) < 4.78 is 0. The molecule has 2 atom stereocenters. The van der Waals surface area contributed by atoms with Gasteiger partial charge >= 0.3 is 0 Å². The zero-order valence-electron chi connectivity index (χ0n) is 15.7. The van der Waals surface area contributed by atoms with Crippen LogP contribution in [0.25, 0.3) is 10.8 Å². The molecule has 2 unspecified atom stereocenters. The summed E-state index contributed by atoms with van der Waals surface area (Å²) in [4.78, 5) is 31.1. The van der Waals surface area contributed by atoms with E-state index < -0.39 is 0 Å². The number of aromatic nitrogens is 1. The molecule has 2 amide bonds. The first-order valence-corrected chi connectivity index (χ1v) is 9.37. The van der Waals surface area contributed by atoms with Crippen LogP contribution < -0.4 is 5.32 Å². The highest BCUT2D eigenvalue weighted by Crippen LogP contribution is 2.22. The molecular weight excluding hydrogens is 326 g/mol. The highest BCUT2D eigenvalue weighted by molar-refractivity contribution is 6.06. The fraction of sp³-hybridized carbons (Fsp3) is 0.476. The van der Waals surface area contributed by atoms with Gasteiger partial charge < -0.3 is 10.2 Å². The predicted octanol–water partition coefficient (Wildman–Crippen LogP) is 3.25. The second kappa shape index (κ2) is 7.85. The molecule has 2 heterocycles. The molecule has 1 aromatic heterocycles. The summed E-state index contributed by atoms with van der Waals surface area (Å²) in [5.41, 5.74) is 0.699. The lowest BCUT2D eigenvalue weighted by molar-refractivity contribution is -0.122. The Labute approximate surface area is 154 Å². The van der Waals surface area contributed by atoms with E-state index in [1.165, 1.54) is 0 Å². The number of likely N-dealkylation sites (tertiary alicyclic amines) is 1. The topological polar surface area (TPSA) is 62.3 Å². The normalized spacial score (nSPS) is 18.3. The van der Waals surface area contributed by atoms with Crippen LogP contribution in [-0.2, 0) is 4.79 Å². The maximum absolute atomic E-state index is 13.0. The lowest BCUT2D eigenvalue weighted by Crippen LogP contribution is -2.39. The van der Waals surface area contributed by atoms with E-state index in [1.807, 2.05) is 29.2 Å². The summed E-state index contributed by atoms with van der Waals surface area (Å²) in [6.07, 6.45) is 4.83. The van der Waals surface area contributed by atoms with Crippen molar-refractivity contribution in [1.29, 1.82) is 0 Å². The molecule has 2 aromatic rings. The first kappa shape index (κ1) is 18.4. The summed E-state index contributed by atoms with van der Waals surface area (Å²) in [5, 5.41) is 4.98. The summed E-state index contributed by atoms with van der Waals surface area (Å²) in [6.45, 7) is 7.61. The molecule has 1 N–H and O–H groups in total. The van der Waals surface area contributed by atoms with E-state index in [9.17, 15) is 9.59 Å². The Hall–Kier alpha value is -2.43. The number of fused-ring (bicyclic) bond motifs is 1. The van der Waals surface area contributed by atoms with Gasteiger partial charge in [0.25, 0.3) is 5.91 Å². The first-order chi connectivity index (χ1) is 12.5. The third-order valence-corrected chi connectivity index (χ3v) is 5.40. The van der Waals surface area contributed by atoms with E-state index in [-0.39, 0.29) is 17.9 Å². The Kier molecular flexibility index (Phi) is 5.55. The Morgan fingerprint density at radius 2 is 2.08 bits per heavy atom. The number of pyridine rings is 1. The van der Waals surface area contributed by atoms with Gasteiger partial charge in [0.2, 0.25) is 5.91 Å². The monoisotopic (exact) mass is 353 g/mol. The Balaban J connectivity index is 1.63. The van der Waals surface area contributed by atoms with Crippen molar-refractivity contribution in [2.75, 3.05) is 13.1 Å². The third kappa shape index (κ3) is 4.03. The van der Waals surface area contributed by atoms with Gasteiger partial charge in [-0.3, -0.25) is 14.6 Å². The van der Waals surface area contributed by atoms with Gasteiger partial charge in [0, 0.05) is 48.9 Å². The summed E-state index contributed by atoms with van der Waals surface area (Å²) in [7, 11) is 0. The number of benzene rings is 1. The molecule has 0 bridgehead atoms. The molecule has 5 heteroatoms. The van der Waals surface area contributed by atoms with Gasteiger partial charge in [-0.05, 0) is 35.8 Å². The van der Waals surface area contributed by atoms with E-state index in [2.05, 4.69) is 31.1 Å². The Morgan fingerprint density at radius 3 is 2.85 bits per heavy atom. The maximum atomic E-state index is 13.0. The van der Waals surface area contributed by atoms with Gasteiger partial charge in [-0.2, -0.15) is 0 Å². The van der Waals surface area contributed by atoms with Gasteiger partial charge in [-0.25, -0.2) is 0 Å². The van der Waals surface area contributed by atoms with Crippen LogP contribution >= 0.6 is 0 Å². The summed E-state index contributed by atoms with van der Waals surface area (Å²) in [5.74, 6) is 0.956. The van der Waals surface area contributed by atoms with Crippen molar-refractivity contribution >= 4 is 22.6 Å². The van der Waals surface area contributed by atoms with Crippen LogP contribution in [0.2, 0.25) is 0 Å². The minimum Gasteiger partial charge on any atom is -0.352 e. The highest BCUT2D eigenvalue weighted by Gasteiger charge is 2.29. The highest BCUT2D eigenvalue weighted by atomic mass is 16.2. The summed E-state index contributed by atoms with van der Waals surface area (Å²) >= 11 is 0. The van der Waals surface area contributed by atoms with Crippen molar-refractivity contribution in [1.82, 2.24) is 15.2 Å². The number of rotatable bonds is 5. The van der Waals surface area contributed by atoms with Crippen molar-refractivity contribution < 1.29 is 9.59 Å². The van der Waals surface area contributed by atoms with Gasteiger partial charge in [0.05, 0.1) is 0 Å². The van der Waals surface area contributed by atoms with Crippen LogP contribution in [0.4, 0.5) is 0 Å². The lowest BCUT2D eigenvalue weighted by atomic mass is 9.94. The quantitative estimate of drug-likeness (QED) is 0.897. The number of carbonyl (C=O) groups is 2. The minimum absolute atomic E-state index is 0.0223. The average molecular weight is 353 g/mol. The summed E-state index contributed by atoms with van der Waals surface area (Å²) in [6, 6.07) is 7.64. The van der Waals surface area contributed by atoms with Gasteiger partial charge in [-0.15, -0.1) is 0 Å². The molecule has 0 spiro atoms. The number of amides is 2. The van der Waals surface area contributed by atoms with Crippen LogP contribution in [0.3, 0.4) is 0 Å². The Bertz CT molecular complexity index is 797. The standard InChI is InChI=1S/C21H27N3O2/c1-14(2)15(3)11-20(25)23-17-8-10-24(13-17)21(26)19-6-4-5-16-12-22-9-7-18(16)19/h4-7,9,12,14-15,17H,8,10-11,13H2,1-3H3,(H,23,25). The molecular formula is C21H27N3O2. The molecule has 3 rings (SSSR count). The van der Waals surface area contributed by atoms with Gasteiger partial charge in [-0.1, -0.05) is 32.9 Å². The number of nitrogens with one attached hydrogen (secondary N) is 1. The molecule has 0 aliphatic carbocycles. The average Bonchev–Trinajstić information content (AvgIpc) is 3.08. The number of hydrogen-bond donors (Lipinski definition) is 1. The largest absolute Gasteiger partial charge is 0.352 e. The van der Waals surface area contributed by atoms with Crippen molar-refractivity contribution in [2.45, 2.75) is 39.7 Å². The second-order valence-electron chi connectivity index (χ2n) is 7.63. The van der Waals surface area contributed by atoms with Crippen molar-refractivity contribution in [3.63, 3.8) is 0 Å². The molecule has 1 saturated heterocycles. The van der Waals surface area contributed by atoms with Crippen molar-refractivity contribution in [3.8, 4) is 0 Å². The van der Waals surface area contributed by atoms with E-state index in [0.29, 0.717) is 36.9 Å². The molecule has 1 aliphatic heterocycles. The zero-order valence-corrected chi connectivity index (χ0v) is 15.7. The zero-order chi connectivity index (χ0) is 18.7. The molecule has 0 saturated carbocycles. The van der Waals surface area contributed by atoms with Crippen molar-refractivity contribution in [3.05, 3.63) is 42.2 Å². The van der Waals surface area contributed by atoms with Crippen LogP contribution in [0.5, 0.6) is 0 Å². The minimum atomic E-state index is 0.0223. The van der Waals surface area contributed by atoms with E-state index in [4.69, 9.17) is 0 Å². The van der Waals surface area contributed by atoms with Crippen LogP contribution in [0.15, 0.2) is 36.7 Å². The number of carbonyl (C=O) groups excluding carboxylic acids is 2. The maximum Gasteiger partial charge on any atom is 0.254 e. The number of nitrogens with zero attached hydrogens (tertiary/aromatic N) is 2. The molecule has 0 radical (unpaired) electrons. The van der Waals surface area contributed by atoms with E-state index in [1.54, 1.807) is 12.4 Å². The molecule has 138 valence electrons. The smallest absolute Gasteiger partial charge is 0.254 e. The Morgan fingerprint density at radius 1 is 1.27 bits per heavy atom. The third-order valence-electron chi connectivity index (χ3n) is 5.40. The molecule has 5 nitrogen and oxygen atoms in total. The SMILES string of the molecule is CC(C)C(C)CC(=O)NC1CCN(C(=O)c2cccc3cnccc23)C1. The first-order valence-electron chi connectivity index (χ1n) is 9.37. The molecule has 1 fully saturated rings. The second-order valence-corrected chi connectivity index (χ2v) is 7.63. The van der Waals surface area contributed by atoms with Crippen LogP contribution in [0.1, 0.15) is 44.0 Å². The fourth-order valence-corrected chi connectivity index (χ4v) is 3.36. The van der Waals surface area contributed by atoms with Crippen LogP contribution in [-0.4, -0.2) is 40.8 Å². The van der Waals surface area contributed by atoms with Crippen LogP contribution in [0, 0.1) is 11.8 Å². The molecule has 1 aromatic carbocycles. The fourth-order valence-electron chi connectivity index (χ4n) is 3.36. The van der Waals surface area contributed by atoms with Gasteiger partial charge in [0.15, 0.2) is 0 Å². The van der Waals surface area contributed by atoms with E-state index in [0.717, 1.165) is 17.2 Å². The molecule has 1 aliphatic rings. The van der Waals surface area contributed by atoms with E-state index >= 15 is 0 Å². The molecule has 26 heavy (non-hydrogen) atoms. The lowest BCUT2D eigenvalue weighted by Gasteiger charge is -2.19. The van der Waals surface area contributed by atoms with Crippen molar-refractivity contribution in [2.24, 2.45) is 11.8 Å².